The summed E-state index contributed by atoms with van der Waals surface area (Å²) in [4.78, 5) is 3.97. The van der Waals surface area contributed by atoms with Crippen LogP contribution in [0.1, 0.15) is 43.7 Å². The molecule has 1 atom stereocenters. The van der Waals surface area contributed by atoms with Gasteiger partial charge >= 0.3 is 0 Å². The quantitative estimate of drug-likeness (QED) is 0.717. The fourth-order valence-corrected chi connectivity index (χ4v) is 4.10. The van der Waals surface area contributed by atoms with Crippen LogP contribution in [0.15, 0.2) is 24.3 Å². The first kappa shape index (κ1) is 16.5. The molecule has 0 fully saturated rings. The third kappa shape index (κ3) is 4.06. The molecule has 3 heteroatoms. The van der Waals surface area contributed by atoms with Gasteiger partial charge in [0.1, 0.15) is 0 Å². The summed E-state index contributed by atoms with van der Waals surface area (Å²) in [6.45, 7) is 13.6. The number of hydrogen-bond acceptors (Lipinski definition) is 3. The van der Waals surface area contributed by atoms with Gasteiger partial charge in [-0.1, -0.05) is 32.0 Å². The number of aryl methyl sites for hydroxylation is 1. The predicted octanol–water partition coefficient (Wildman–Crippen LogP) is 4.59. The molecule has 0 bridgehead atoms. The summed E-state index contributed by atoms with van der Waals surface area (Å²) in [5, 5.41) is 5.10. The molecule has 0 saturated heterocycles. The van der Waals surface area contributed by atoms with Crippen molar-refractivity contribution in [1.29, 1.82) is 0 Å². The lowest BCUT2D eigenvalue weighted by Crippen LogP contribution is -2.28. The van der Waals surface area contributed by atoms with E-state index in [1.807, 2.05) is 11.3 Å². The van der Waals surface area contributed by atoms with E-state index in [2.05, 4.69) is 62.2 Å². The average Bonchev–Trinajstić information content (AvgIpc) is 2.85. The molecule has 1 N–H and O–H groups in total. The van der Waals surface area contributed by atoms with E-state index in [4.69, 9.17) is 0 Å². The normalized spacial score (nSPS) is 13.2. The maximum Gasteiger partial charge on any atom is 0.0389 e. The molecule has 0 saturated carbocycles. The lowest BCUT2D eigenvalue weighted by molar-refractivity contribution is 0.296. The summed E-state index contributed by atoms with van der Waals surface area (Å²) in [5.41, 5.74) is 1.44. The van der Waals surface area contributed by atoms with E-state index in [0.29, 0.717) is 6.04 Å². The second-order valence-electron chi connectivity index (χ2n) is 5.64. The zero-order valence-electron chi connectivity index (χ0n) is 13.8. The van der Waals surface area contributed by atoms with Crippen LogP contribution in [-0.2, 0) is 0 Å². The van der Waals surface area contributed by atoms with E-state index in [0.717, 1.165) is 19.6 Å². The fraction of sp³-hybridized carbons (Fsp3) is 0.556. The zero-order chi connectivity index (χ0) is 15.2. The van der Waals surface area contributed by atoms with Crippen LogP contribution in [0, 0.1) is 6.92 Å². The van der Waals surface area contributed by atoms with Crippen LogP contribution < -0.4 is 5.32 Å². The first-order chi connectivity index (χ1) is 10.2. The predicted molar refractivity (Wildman–Crippen MR) is 95.4 cm³/mol. The fourth-order valence-electron chi connectivity index (χ4n) is 2.86. The van der Waals surface area contributed by atoms with Gasteiger partial charge < -0.3 is 10.2 Å². The van der Waals surface area contributed by atoms with Gasteiger partial charge in [-0.25, -0.2) is 0 Å². The van der Waals surface area contributed by atoms with E-state index in [-0.39, 0.29) is 0 Å². The maximum atomic E-state index is 3.69. The van der Waals surface area contributed by atoms with Gasteiger partial charge in [-0.2, -0.15) is 0 Å². The van der Waals surface area contributed by atoms with Gasteiger partial charge in [0.25, 0.3) is 0 Å². The van der Waals surface area contributed by atoms with Crippen molar-refractivity contribution in [1.82, 2.24) is 10.2 Å². The van der Waals surface area contributed by atoms with E-state index >= 15 is 0 Å². The van der Waals surface area contributed by atoms with Crippen molar-refractivity contribution in [3.8, 4) is 0 Å². The molecular weight excluding hydrogens is 276 g/mol. The first-order valence-corrected chi connectivity index (χ1v) is 8.92. The topological polar surface area (TPSA) is 15.3 Å². The van der Waals surface area contributed by atoms with Crippen LogP contribution in [0.5, 0.6) is 0 Å². The van der Waals surface area contributed by atoms with Crippen molar-refractivity contribution < 1.29 is 0 Å². The number of nitrogens with zero attached hydrogens (tertiary/aromatic N) is 1. The van der Waals surface area contributed by atoms with Gasteiger partial charge in [0.05, 0.1) is 0 Å². The Morgan fingerprint density at radius 3 is 2.57 bits per heavy atom. The third-order valence-electron chi connectivity index (χ3n) is 4.27. The Balaban J connectivity index is 1.90. The van der Waals surface area contributed by atoms with Gasteiger partial charge in [0.15, 0.2) is 0 Å². The maximum absolute atomic E-state index is 3.69. The Morgan fingerprint density at radius 1 is 1.19 bits per heavy atom. The summed E-state index contributed by atoms with van der Waals surface area (Å²) >= 11 is 1.93. The smallest absolute Gasteiger partial charge is 0.0389 e. The average molecular weight is 305 g/mol. The summed E-state index contributed by atoms with van der Waals surface area (Å²) in [6.07, 6.45) is 1.22. The molecule has 2 aromatic rings. The van der Waals surface area contributed by atoms with Crippen molar-refractivity contribution in [3.05, 3.63) is 34.7 Å². The first-order valence-electron chi connectivity index (χ1n) is 8.11. The highest BCUT2D eigenvalue weighted by molar-refractivity contribution is 7.19. The van der Waals surface area contributed by atoms with Crippen molar-refractivity contribution in [2.75, 3.05) is 26.2 Å². The Labute approximate surface area is 133 Å². The number of hydrogen-bond donors (Lipinski definition) is 1. The minimum atomic E-state index is 0.444. The van der Waals surface area contributed by atoms with Crippen LogP contribution in [-0.4, -0.2) is 31.1 Å². The van der Waals surface area contributed by atoms with Gasteiger partial charge in [-0.05, 0) is 63.5 Å². The Kier molecular flexibility index (Phi) is 6.22. The largest absolute Gasteiger partial charge is 0.309 e. The van der Waals surface area contributed by atoms with Crippen molar-refractivity contribution in [3.63, 3.8) is 0 Å². The van der Waals surface area contributed by atoms with E-state index in [9.17, 15) is 0 Å². The van der Waals surface area contributed by atoms with Crippen LogP contribution in [0.3, 0.4) is 0 Å². The molecule has 1 aromatic heterocycles. The van der Waals surface area contributed by atoms with Crippen LogP contribution in [0.4, 0.5) is 0 Å². The minimum Gasteiger partial charge on any atom is -0.309 e. The molecule has 21 heavy (non-hydrogen) atoms. The molecule has 0 aliphatic carbocycles. The molecule has 0 radical (unpaired) electrons. The molecule has 2 rings (SSSR count). The molecule has 1 aromatic carbocycles. The van der Waals surface area contributed by atoms with E-state index in [1.165, 1.54) is 33.5 Å². The SMILES string of the molecule is CCN(CC)CCCNC(C)c1sc2ccccc2c1C. The summed E-state index contributed by atoms with van der Waals surface area (Å²) in [6, 6.07) is 9.17. The molecular formula is C18H28N2S. The lowest BCUT2D eigenvalue weighted by Gasteiger charge is -2.19. The molecule has 0 aliphatic rings. The van der Waals surface area contributed by atoms with Gasteiger partial charge in [-0.15, -0.1) is 11.3 Å². The lowest BCUT2D eigenvalue weighted by atomic mass is 10.1. The Bertz CT molecular complexity index is 557. The van der Waals surface area contributed by atoms with Gasteiger partial charge in [0.2, 0.25) is 0 Å². The monoisotopic (exact) mass is 304 g/mol. The molecule has 0 aliphatic heterocycles. The van der Waals surface area contributed by atoms with Crippen LogP contribution in [0.2, 0.25) is 0 Å². The molecule has 0 spiro atoms. The number of thiophene rings is 1. The zero-order valence-corrected chi connectivity index (χ0v) is 14.6. The second kappa shape index (κ2) is 7.92. The van der Waals surface area contributed by atoms with Gasteiger partial charge in [-0.3, -0.25) is 0 Å². The van der Waals surface area contributed by atoms with Crippen molar-refractivity contribution >= 4 is 21.4 Å². The highest BCUT2D eigenvalue weighted by atomic mass is 32.1. The standard InChI is InChI=1S/C18H28N2S/c1-5-20(6-2)13-9-12-19-15(4)18-14(3)16-10-7-8-11-17(16)21-18/h7-8,10-11,15,19H,5-6,9,12-13H2,1-4H3. The summed E-state index contributed by atoms with van der Waals surface area (Å²) in [7, 11) is 0. The molecule has 1 heterocycles. The van der Waals surface area contributed by atoms with E-state index in [1.54, 1.807) is 0 Å². The summed E-state index contributed by atoms with van der Waals surface area (Å²) in [5.74, 6) is 0. The second-order valence-corrected chi connectivity index (χ2v) is 6.73. The Morgan fingerprint density at radius 2 is 1.90 bits per heavy atom. The number of fused-ring (bicyclic) bond motifs is 1. The molecule has 1 unspecified atom stereocenters. The molecule has 0 amide bonds. The van der Waals surface area contributed by atoms with Crippen molar-refractivity contribution in [2.45, 2.75) is 40.2 Å². The van der Waals surface area contributed by atoms with Crippen LogP contribution >= 0.6 is 11.3 Å². The van der Waals surface area contributed by atoms with Crippen molar-refractivity contribution in [2.24, 2.45) is 0 Å². The summed E-state index contributed by atoms with van der Waals surface area (Å²) < 4.78 is 1.40. The number of nitrogens with one attached hydrogen (secondary N) is 1. The molecule has 2 nitrogen and oxygen atoms in total. The minimum absolute atomic E-state index is 0.444. The van der Waals surface area contributed by atoms with E-state index < -0.39 is 0 Å². The highest BCUT2D eigenvalue weighted by Crippen LogP contribution is 2.34. The Hall–Kier alpha value is -0.900. The van der Waals surface area contributed by atoms with Crippen LogP contribution in [0.25, 0.3) is 10.1 Å². The molecule has 116 valence electrons. The highest BCUT2D eigenvalue weighted by Gasteiger charge is 2.13. The third-order valence-corrected chi connectivity index (χ3v) is 5.73. The number of rotatable bonds is 8. The van der Waals surface area contributed by atoms with Gasteiger partial charge in [0, 0.05) is 15.6 Å². The number of benzene rings is 1.